The Morgan fingerprint density at radius 2 is 1.70 bits per heavy atom. The Morgan fingerprint density at radius 3 is 2.38 bits per heavy atom. The molecule has 208 valence electrons. The van der Waals surface area contributed by atoms with E-state index in [4.69, 9.17) is 9.47 Å². The molecule has 0 radical (unpaired) electrons. The quantitative estimate of drug-likeness (QED) is 0.312. The SMILES string of the molecule is COc1cccc([C@@H](C(=O)NC(C)(C)C)N(C(=O)Cn2nnc3ccccc32)c2cccc(C(C)=O)c2)c1OC. The summed E-state index contributed by atoms with van der Waals surface area (Å²) in [6, 6.07) is 17.9. The Kier molecular flexibility index (Phi) is 8.18. The number of methoxy groups -OCH3 is 2. The van der Waals surface area contributed by atoms with Crippen molar-refractivity contribution in [1.29, 1.82) is 0 Å². The molecule has 3 aromatic carbocycles. The van der Waals surface area contributed by atoms with Gasteiger partial charge in [0.2, 0.25) is 11.8 Å². The number of aromatic nitrogens is 3. The molecule has 1 atom stereocenters. The van der Waals surface area contributed by atoms with Crippen LogP contribution in [0.15, 0.2) is 66.7 Å². The molecule has 1 heterocycles. The average molecular weight is 544 g/mol. The van der Waals surface area contributed by atoms with E-state index in [1.54, 1.807) is 48.5 Å². The van der Waals surface area contributed by atoms with E-state index in [9.17, 15) is 14.4 Å². The molecule has 4 rings (SSSR count). The fraction of sp³-hybridized carbons (Fsp3) is 0.300. The van der Waals surface area contributed by atoms with Crippen LogP contribution >= 0.6 is 0 Å². The summed E-state index contributed by atoms with van der Waals surface area (Å²) in [5, 5.41) is 11.3. The van der Waals surface area contributed by atoms with E-state index in [1.165, 1.54) is 30.7 Å². The summed E-state index contributed by atoms with van der Waals surface area (Å²) < 4.78 is 12.7. The zero-order chi connectivity index (χ0) is 29.0. The van der Waals surface area contributed by atoms with Gasteiger partial charge in [-0.1, -0.05) is 41.6 Å². The zero-order valence-corrected chi connectivity index (χ0v) is 23.5. The molecule has 0 spiro atoms. The van der Waals surface area contributed by atoms with Crippen molar-refractivity contribution in [2.24, 2.45) is 0 Å². The smallest absolute Gasteiger partial charge is 0.249 e. The summed E-state index contributed by atoms with van der Waals surface area (Å²) in [7, 11) is 2.98. The van der Waals surface area contributed by atoms with Crippen LogP contribution in [0.5, 0.6) is 11.5 Å². The molecule has 10 nitrogen and oxygen atoms in total. The van der Waals surface area contributed by atoms with E-state index in [0.717, 1.165) is 0 Å². The van der Waals surface area contributed by atoms with Crippen LogP contribution in [0.2, 0.25) is 0 Å². The number of nitrogens with one attached hydrogen (secondary N) is 1. The highest BCUT2D eigenvalue weighted by atomic mass is 16.5. The second-order valence-corrected chi connectivity index (χ2v) is 10.3. The van der Waals surface area contributed by atoms with E-state index in [2.05, 4.69) is 15.6 Å². The minimum absolute atomic E-state index is 0.175. The van der Waals surface area contributed by atoms with Crippen molar-refractivity contribution >= 4 is 34.3 Å². The fourth-order valence-electron chi connectivity index (χ4n) is 4.51. The van der Waals surface area contributed by atoms with Crippen LogP contribution < -0.4 is 19.7 Å². The van der Waals surface area contributed by atoms with Crippen molar-refractivity contribution in [3.8, 4) is 11.5 Å². The molecule has 10 heteroatoms. The van der Waals surface area contributed by atoms with Gasteiger partial charge < -0.3 is 14.8 Å². The van der Waals surface area contributed by atoms with Gasteiger partial charge in [0.15, 0.2) is 17.3 Å². The van der Waals surface area contributed by atoms with Gasteiger partial charge in [0.1, 0.15) is 18.1 Å². The Hall–Kier alpha value is -4.73. The topological polar surface area (TPSA) is 116 Å². The fourth-order valence-corrected chi connectivity index (χ4v) is 4.51. The summed E-state index contributed by atoms with van der Waals surface area (Å²) in [5.41, 5.74) is 1.86. The maximum absolute atomic E-state index is 14.3. The first kappa shape index (κ1) is 28.3. The predicted molar refractivity (Wildman–Crippen MR) is 152 cm³/mol. The van der Waals surface area contributed by atoms with Crippen LogP contribution in [0.4, 0.5) is 5.69 Å². The molecule has 1 N–H and O–H groups in total. The van der Waals surface area contributed by atoms with Crippen molar-refractivity contribution in [3.05, 3.63) is 77.9 Å². The third-order valence-corrected chi connectivity index (χ3v) is 6.24. The number of amides is 2. The first-order valence-corrected chi connectivity index (χ1v) is 12.8. The maximum atomic E-state index is 14.3. The Labute approximate surface area is 232 Å². The van der Waals surface area contributed by atoms with Crippen LogP contribution in [0.3, 0.4) is 0 Å². The molecule has 0 saturated heterocycles. The van der Waals surface area contributed by atoms with Crippen molar-refractivity contribution in [2.75, 3.05) is 19.1 Å². The van der Waals surface area contributed by atoms with Crippen molar-refractivity contribution in [3.63, 3.8) is 0 Å². The lowest BCUT2D eigenvalue weighted by Gasteiger charge is -2.34. The number of benzene rings is 3. The Balaban J connectivity index is 1.94. The molecule has 0 unspecified atom stereocenters. The van der Waals surface area contributed by atoms with Gasteiger partial charge in [-0.2, -0.15) is 0 Å². The number of ether oxygens (including phenoxy) is 2. The number of anilines is 1. The normalized spacial score (nSPS) is 12.1. The summed E-state index contributed by atoms with van der Waals surface area (Å²) in [5.74, 6) is -0.350. The van der Waals surface area contributed by atoms with Gasteiger partial charge in [-0.25, -0.2) is 4.68 Å². The predicted octanol–water partition coefficient (Wildman–Crippen LogP) is 4.34. The lowest BCUT2D eigenvalue weighted by Crippen LogP contribution is -2.50. The Morgan fingerprint density at radius 1 is 0.975 bits per heavy atom. The lowest BCUT2D eigenvalue weighted by atomic mass is 9.98. The molecule has 0 bridgehead atoms. The zero-order valence-electron chi connectivity index (χ0n) is 23.5. The van der Waals surface area contributed by atoms with E-state index in [1.807, 2.05) is 39.0 Å². The number of hydrogen-bond acceptors (Lipinski definition) is 7. The van der Waals surface area contributed by atoms with Gasteiger partial charge in [-0.05, 0) is 58.0 Å². The molecule has 1 aromatic heterocycles. The highest BCUT2D eigenvalue weighted by Crippen LogP contribution is 2.39. The van der Waals surface area contributed by atoms with E-state index < -0.39 is 23.4 Å². The van der Waals surface area contributed by atoms with E-state index >= 15 is 0 Å². The largest absolute Gasteiger partial charge is 0.493 e. The summed E-state index contributed by atoms with van der Waals surface area (Å²) >= 11 is 0. The van der Waals surface area contributed by atoms with Gasteiger partial charge in [0.25, 0.3) is 0 Å². The number of carbonyl (C=O) groups excluding carboxylic acids is 3. The van der Waals surface area contributed by atoms with Crippen molar-refractivity contribution in [2.45, 2.75) is 45.8 Å². The third kappa shape index (κ3) is 5.96. The minimum Gasteiger partial charge on any atom is -0.493 e. The molecule has 0 aliphatic rings. The number of hydrogen-bond donors (Lipinski definition) is 1. The highest BCUT2D eigenvalue weighted by Gasteiger charge is 2.37. The number of Topliss-reactive ketones (excluding diaryl/α,β-unsaturated/α-hetero) is 1. The number of para-hydroxylation sites is 2. The number of fused-ring (bicyclic) bond motifs is 1. The summed E-state index contributed by atoms with van der Waals surface area (Å²) in [6.45, 7) is 6.80. The molecule has 40 heavy (non-hydrogen) atoms. The van der Waals surface area contributed by atoms with Crippen LogP contribution in [0, 0.1) is 0 Å². The maximum Gasteiger partial charge on any atom is 0.249 e. The standard InChI is InChI=1S/C30H33N5O5/c1-19(36)20-11-9-12-21(17-20)35(26(37)18-34-24-15-8-7-14-23(24)32-33-34)27(29(38)31-30(2,3)4)22-13-10-16-25(39-5)28(22)40-6/h7-17,27H,18H2,1-6H3,(H,31,38)/t27-/m0/s1. The van der Waals surface area contributed by atoms with Crippen molar-refractivity contribution in [1.82, 2.24) is 20.3 Å². The molecule has 4 aromatic rings. The molecule has 0 saturated carbocycles. The molecular formula is C30H33N5O5. The summed E-state index contributed by atoms with van der Waals surface area (Å²) in [4.78, 5) is 42.0. The minimum atomic E-state index is -1.19. The van der Waals surface area contributed by atoms with Crippen LogP contribution in [0.1, 0.15) is 49.7 Å². The molecular weight excluding hydrogens is 510 g/mol. The van der Waals surface area contributed by atoms with Gasteiger partial charge in [0.05, 0.1) is 19.7 Å². The number of ketones is 1. The summed E-state index contributed by atoms with van der Waals surface area (Å²) in [6.07, 6.45) is 0. The van der Waals surface area contributed by atoms with Crippen LogP contribution in [-0.2, 0) is 16.1 Å². The van der Waals surface area contributed by atoms with Crippen molar-refractivity contribution < 1.29 is 23.9 Å². The van der Waals surface area contributed by atoms with Gasteiger partial charge in [-0.3, -0.25) is 19.3 Å². The first-order valence-electron chi connectivity index (χ1n) is 12.8. The monoisotopic (exact) mass is 543 g/mol. The second kappa shape index (κ2) is 11.6. The molecule has 0 aliphatic carbocycles. The molecule has 0 fully saturated rings. The first-order chi connectivity index (χ1) is 19.0. The van der Waals surface area contributed by atoms with E-state index in [0.29, 0.717) is 39.3 Å². The van der Waals surface area contributed by atoms with Gasteiger partial charge in [0, 0.05) is 22.4 Å². The van der Waals surface area contributed by atoms with Crippen LogP contribution in [-0.4, -0.2) is 52.3 Å². The van der Waals surface area contributed by atoms with Gasteiger partial charge >= 0.3 is 0 Å². The number of carbonyl (C=O) groups is 3. The van der Waals surface area contributed by atoms with Crippen LogP contribution in [0.25, 0.3) is 11.0 Å². The molecule has 0 aliphatic heterocycles. The molecule has 2 amide bonds. The highest BCUT2D eigenvalue weighted by molar-refractivity contribution is 6.03. The second-order valence-electron chi connectivity index (χ2n) is 10.3. The third-order valence-electron chi connectivity index (χ3n) is 6.24. The number of rotatable bonds is 9. The number of nitrogens with zero attached hydrogens (tertiary/aromatic N) is 4. The lowest BCUT2D eigenvalue weighted by molar-refractivity contribution is -0.128. The van der Waals surface area contributed by atoms with E-state index in [-0.39, 0.29) is 12.3 Å². The van der Waals surface area contributed by atoms with Gasteiger partial charge in [-0.15, -0.1) is 5.10 Å². The Bertz CT molecular complexity index is 1560. The average Bonchev–Trinajstić information content (AvgIpc) is 3.32.